The van der Waals surface area contributed by atoms with Crippen molar-refractivity contribution in [2.24, 2.45) is 41.2 Å². The van der Waals surface area contributed by atoms with Crippen LogP contribution >= 0.6 is 0 Å². The first-order chi connectivity index (χ1) is 33.9. The number of rotatable bonds is 18. The molecule has 0 radical (unpaired) electrons. The van der Waals surface area contributed by atoms with Crippen LogP contribution in [0, 0.1) is 35.5 Å². The van der Waals surface area contributed by atoms with E-state index in [1.807, 2.05) is 67.5 Å². The van der Waals surface area contributed by atoms with Crippen LogP contribution in [-0.2, 0) is 57.0 Å². The molecule has 0 unspecified atom stereocenters. The van der Waals surface area contributed by atoms with Crippen molar-refractivity contribution in [3.8, 4) is 0 Å². The van der Waals surface area contributed by atoms with E-state index >= 15 is 0 Å². The van der Waals surface area contributed by atoms with Gasteiger partial charge in [-0.3, -0.25) is 9.59 Å². The lowest BCUT2D eigenvalue weighted by molar-refractivity contribution is -0.339. The molecule has 3 aliphatic heterocycles. The Morgan fingerprint density at radius 3 is 2.17 bits per heavy atom. The van der Waals surface area contributed by atoms with E-state index in [1.165, 1.54) is 20.3 Å². The molecule has 2 saturated heterocycles. The first-order valence-corrected chi connectivity index (χ1v) is 26.0. The maximum absolute atomic E-state index is 14.1. The SMILES string of the molecule is C/C=C/[C@H]1O[C@@](O)([C@@H](C)[C@H](O)[C@H](C)[C@H]2OC(=O)/C(OC)=C/C(C)=C/[C@@H](C)[C@@H](O)[C@@H](C)[C@@H](OC(=O)CCCC)[C@H](C)C/C(C)=C/C=C/[C@@H]2OC)C[C@@H](O[C@@H]2C[C@H](OC(=O)CCCC)[C@@H](OC(N)=O)[C@H](C)O2)[C@@H]1C. The minimum absolute atomic E-state index is 0.00133. The summed E-state index contributed by atoms with van der Waals surface area (Å²) in [6, 6.07) is 0. The molecule has 0 aromatic heterocycles. The molecule has 3 aliphatic rings. The number of nitrogens with two attached hydrogens (primary N) is 1. The summed E-state index contributed by atoms with van der Waals surface area (Å²) in [4.78, 5) is 51.9. The lowest BCUT2D eigenvalue weighted by atomic mass is 9.77. The highest BCUT2D eigenvalue weighted by Crippen LogP contribution is 2.43. The molecule has 18 atom stereocenters. The van der Waals surface area contributed by atoms with Gasteiger partial charge in [-0.1, -0.05) is 116 Å². The molecule has 17 nitrogen and oxygen atoms in total. The van der Waals surface area contributed by atoms with Gasteiger partial charge < -0.3 is 63.7 Å². The second kappa shape index (κ2) is 29.7. The third-order valence-corrected chi connectivity index (χ3v) is 14.4. The van der Waals surface area contributed by atoms with Crippen molar-refractivity contribution >= 4 is 24.0 Å². The molecule has 2 fully saturated rings. The lowest BCUT2D eigenvalue weighted by Gasteiger charge is -2.50. The number of ether oxygens (including phenoxy) is 9. The van der Waals surface area contributed by atoms with Crippen LogP contribution in [0.1, 0.15) is 141 Å². The number of allylic oxidation sites excluding steroid dienone is 6. The number of aliphatic hydroxyl groups excluding tert-OH is 2. The fraction of sp³-hybridized carbons (Fsp3) is 0.745. The van der Waals surface area contributed by atoms with Crippen molar-refractivity contribution in [1.29, 1.82) is 0 Å². The maximum atomic E-state index is 14.1. The number of carbonyl (C=O) groups is 4. The summed E-state index contributed by atoms with van der Waals surface area (Å²) in [5, 5.41) is 36.6. The second-order valence-electron chi connectivity index (χ2n) is 20.4. The molecule has 0 saturated carbocycles. The number of hydrogen-bond donors (Lipinski definition) is 4. The smallest absolute Gasteiger partial charge is 0.404 e. The van der Waals surface area contributed by atoms with Crippen molar-refractivity contribution in [3.05, 3.63) is 59.4 Å². The van der Waals surface area contributed by atoms with Crippen LogP contribution in [0.25, 0.3) is 0 Å². The Kier molecular flexibility index (Phi) is 25.7. The van der Waals surface area contributed by atoms with E-state index in [2.05, 4.69) is 0 Å². The number of aliphatic hydroxyl groups is 3. The Labute approximate surface area is 428 Å². The molecule has 0 spiro atoms. The zero-order valence-electron chi connectivity index (χ0n) is 45.4. The van der Waals surface area contributed by atoms with Crippen LogP contribution in [0.3, 0.4) is 0 Å². The fourth-order valence-corrected chi connectivity index (χ4v) is 10.0. The van der Waals surface area contributed by atoms with Crippen molar-refractivity contribution in [3.63, 3.8) is 0 Å². The van der Waals surface area contributed by atoms with Crippen LogP contribution in [0.5, 0.6) is 0 Å². The summed E-state index contributed by atoms with van der Waals surface area (Å²) in [6.45, 7) is 22.1. The number of methoxy groups -OCH3 is 2. The Balaban J connectivity index is 2.03. The number of primary amides is 1. The quantitative estimate of drug-likeness (QED) is 0.0577. The van der Waals surface area contributed by atoms with Crippen molar-refractivity contribution < 1.29 is 77.1 Å². The molecule has 0 aromatic rings. The number of esters is 3. The van der Waals surface area contributed by atoms with Gasteiger partial charge in [0.05, 0.1) is 37.6 Å². The molecule has 1 amide bonds. The van der Waals surface area contributed by atoms with Gasteiger partial charge in [-0.25, -0.2) is 9.59 Å². The van der Waals surface area contributed by atoms with Gasteiger partial charge in [-0.05, 0) is 59.0 Å². The van der Waals surface area contributed by atoms with Crippen molar-refractivity contribution in [1.82, 2.24) is 0 Å². The number of cyclic esters (lactones) is 1. The highest BCUT2D eigenvalue weighted by molar-refractivity contribution is 5.87. The van der Waals surface area contributed by atoms with Crippen LogP contribution in [0.2, 0.25) is 0 Å². The molecule has 0 bridgehead atoms. The first kappa shape index (κ1) is 62.2. The summed E-state index contributed by atoms with van der Waals surface area (Å²) < 4.78 is 54.3. The van der Waals surface area contributed by atoms with Crippen LogP contribution in [-0.4, -0.2) is 127 Å². The van der Waals surface area contributed by atoms with Gasteiger partial charge in [0.1, 0.15) is 24.4 Å². The van der Waals surface area contributed by atoms with E-state index in [0.717, 1.165) is 18.4 Å². The van der Waals surface area contributed by atoms with Gasteiger partial charge in [0.15, 0.2) is 18.2 Å². The Bertz CT molecular complexity index is 1900. The fourth-order valence-electron chi connectivity index (χ4n) is 10.0. The Morgan fingerprint density at radius 1 is 0.944 bits per heavy atom. The lowest BCUT2D eigenvalue weighted by Crippen LogP contribution is -2.59. The van der Waals surface area contributed by atoms with Gasteiger partial charge in [0, 0.05) is 62.4 Å². The molecule has 17 heteroatoms. The predicted octanol–water partition coefficient (Wildman–Crippen LogP) is 8.08. The van der Waals surface area contributed by atoms with E-state index in [-0.39, 0.29) is 49.2 Å². The molecule has 3 heterocycles. The highest BCUT2D eigenvalue weighted by Gasteiger charge is 2.53. The summed E-state index contributed by atoms with van der Waals surface area (Å²) in [6.07, 6.45) is 5.00. The summed E-state index contributed by atoms with van der Waals surface area (Å²) in [7, 11) is 2.80. The average Bonchev–Trinajstić information content (AvgIpc) is 3.32. The van der Waals surface area contributed by atoms with Gasteiger partial charge in [0.2, 0.25) is 5.76 Å². The van der Waals surface area contributed by atoms with Gasteiger partial charge in [-0.15, -0.1) is 0 Å². The number of carbonyl (C=O) groups excluding carboxylic acids is 4. The average molecular weight is 1020 g/mol. The third kappa shape index (κ3) is 17.8. The van der Waals surface area contributed by atoms with Gasteiger partial charge in [0.25, 0.3) is 0 Å². The van der Waals surface area contributed by atoms with E-state index in [1.54, 1.807) is 52.0 Å². The molecule has 5 N–H and O–H groups in total. The third-order valence-electron chi connectivity index (χ3n) is 14.4. The van der Waals surface area contributed by atoms with Crippen LogP contribution < -0.4 is 5.73 Å². The van der Waals surface area contributed by atoms with E-state index in [9.17, 15) is 34.5 Å². The van der Waals surface area contributed by atoms with E-state index < -0.39 is 115 Å². The van der Waals surface area contributed by atoms with Gasteiger partial charge >= 0.3 is 24.0 Å². The minimum atomic E-state index is -2.02. The van der Waals surface area contributed by atoms with Crippen molar-refractivity contribution in [2.75, 3.05) is 14.2 Å². The number of amides is 1. The normalized spacial score (nSPS) is 37.3. The van der Waals surface area contributed by atoms with Crippen LogP contribution in [0.4, 0.5) is 4.79 Å². The summed E-state index contributed by atoms with van der Waals surface area (Å²) >= 11 is 0. The number of hydrogen-bond acceptors (Lipinski definition) is 16. The first-order valence-electron chi connectivity index (χ1n) is 26.0. The standard InChI is InChI=1S/C55H89NO16/c1-15-18-24-45(57)67-42-29-47(66-39(12)52(42)71-54(56)62)68-44-30-55(63,72-40(21-17-3)35(44)8)38(11)49(60)37(10)51-41(64-13)23-20-22-31(4)26-34(7)50(69-46(58)25-19-16-2)36(9)48(59)33(6)27-32(5)28-43(65-14)53(61)70-51/h17,20-23,27-28,33-42,44,47-52,59-60,63H,15-16,18-19,24-26,29-30H2,1-14H3,(H2,56,62)/b21-17+,23-20+,31-22+,32-27+,43-28-/t33-,34-,35-,36-,37+,38+,39+,40-,41+,42+,44-,47-,48-,49-,50+,51-,52+,55-/m1/s1. The summed E-state index contributed by atoms with van der Waals surface area (Å²) in [5.74, 6) is -7.10. The molecule has 0 aliphatic carbocycles. The minimum Gasteiger partial charge on any atom is -0.490 e. The zero-order chi connectivity index (χ0) is 54.0. The van der Waals surface area contributed by atoms with E-state index in [0.29, 0.717) is 24.8 Å². The largest absolute Gasteiger partial charge is 0.490 e. The second-order valence-corrected chi connectivity index (χ2v) is 20.4. The monoisotopic (exact) mass is 1020 g/mol. The molecule has 0 aromatic carbocycles. The summed E-state index contributed by atoms with van der Waals surface area (Å²) in [5.41, 5.74) is 6.93. The van der Waals surface area contributed by atoms with E-state index in [4.69, 9.17) is 48.4 Å². The molecular formula is C55H89NO16. The molecule has 72 heavy (non-hydrogen) atoms. The zero-order valence-corrected chi connectivity index (χ0v) is 45.4. The van der Waals surface area contributed by atoms with Gasteiger partial charge in [-0.2, -0.15) is 0 Å². The molecule has 3 rings (SSSR count). The van der Waals surface area contributed by atoms with Crippen LogP contribution in [0.15, 0.2) is 59.4 Å². The molecular weight excluding hydrogens is 931 g/mol. The number of unbranched alkanes of at least 4 members (excludes halogenated alkanes) is 2. The van der Waals surface area contributed by atoms with Crippen molar-refractivity contribution in [2.45, 2.75) is 214 Å². The topological polar surface area (TPSA) is 238 Å². The predicted molar refractivity (Wildman–Crippen MR) is 270 cm³/mol. The Morgan fingerprint density at radius 2 is 1.58 bits per heavy atom. The Hall–Kier alpha value is -4.10. The highest BCUT2D eigenvalue weighted by atomic mass is 16.7. The molecule has 410 valence electrons. The maximum Gasteiger partial charge on any atom is 0.404 e.